The van der Waals surface area contributed by atoms with Gasteiger partial charge < -0.3 is 10.6 Å². The number of nitrogens with one attached hydrogen (secondary N) is 2. The van der Waals surface area contributed by atoms with Gasteiger partial charge in [0.05, 0.1) is 0 Å². The zero-order chi connectivity index (χ0) is 20.5. The minimum absolute atomic E-state index is 0.117. The number of anilines is 1. The first-order chi connectivity index (χ1) is 13.9. The Bertz CT molecular complexity index is 1040. The highest BCUT2D eigenvalue weighted by Gasteiger charge is 2.39. The third kappa shape index (κ3) is 3.73. The van der Waals surface area contributed by atoms with Crippen molar-refractivity contribution in [1.82, 2.24) is 10.3 Å². The number of amides is 1. The van der Waals surface area contributed by atoms with E-state index in [0.29, 0.717) is 23.7 Å². The summed E-state index contributed by atoms with van der Waals surface area (Å²) in [5.41, 5.74) is 4.81. The maximum absolute atomic E-state index is 13.3. The molecule has 1 aliphatic carbocycles. The van der Waals surface area contributed by atoms with E-state index in [1.807, 2.05) is 56.3 Å². The van der Waals surface area contributed by atoms with Crippen LogP contribution in [-0.2, 0) is 9.59 Å². The quantitative estimate of drug-likeness (QED) is 0.826. The Balaban J connectivity index is 1.78. The molecule has 29 heavy (non-hydrogen) atoms. The Kier molecular flexibility index (Phi) is 5.05. The summed E-state index contributed by atoms with van der Waals surface area (Å²) in [4.78, 5) is 30.8. The van der Waals surface area contributed by atoms with Crippen molar-refractivity contribution in [2.45, 2.75) is 39.5 Å². The van der Waals surface area contributed by atoms with Crippen LogP contribution in [0.1, 0.15) is 43.9 Å². The number of aromatic nitrogens is 1. The van der Waals surface area contributed by atoms with Gasteiger partial charge in [-0.1, -0.05) is 43.3 Å². The summed E-state index contributed by atoms with van der Waals surface area (Å²) < 4.78 is 0. The van der Waals surface area contributed by atoms with Crippen molar-refractivity contribution >= 4 is 17.5 Å². The Morgan fingerprint density at radius 2 is 1.83 bits per heavy atom. The molecular formula is C24H25N3O2. The topological polar surface area (TPSA) is 71.1 Å². The summed E-state index contributed by atoms with van der Waals surface area (Å²) in [5.74, 6) is 0.305. The molecule has 2 atom stereocenters. The zero-order valence-corrected chi connectivity index (χ0v) is 17.0. The molecule has 2 aliphatic rings. The van der Waals surface area contributed by atoms with E-state index < -0.39 is 0 Å². The lowest BCUT2D eigenvalue weighted by molar-refractivity contribution is -0.117. The molecule has 0 fully saturated rings. The molecule has 0 saturated carbocycles. The molecule has 1 aliphatic heterocycles. The largest absolute Gasteiger partial charge is 0.362 e. The van der Waals surface area contributed by atoms with Gasteiger partial charge >= 0.3 is 0 Å². The smallest absolute Gasteiger partial charge is 0.255 e. The van der Waals surface area contributed by atoms with Crippen LogP contribution in [0.2, 0.25) is 0 Å². The van der Waals surface area contributed by atoms with E-state index >= 15 is 0 Å². The third-order valence-corrected chi connectivity index (χ3v) is 5.54. The summed E-state index contributed by atoms with van der Waals surface area (Å²) in [6, 6.07) is 15.3. The lowest BCUT2D eigenvalue weighted by Gasteiger charge is -2.36. The molecule has 0 radical (unpaired) electrons. The van der Waals surface area contributed by atoms with Crippen LogP contribution in [0.15, 0.2) is 71.1 Å². The van der Waals surface area contributed by atoms with Crippen LogP contribution >= 0.6 is 0 Å². The van der Waals surface area contributed by atoms with E-state index in [2.05, 4.69) is 22.5 Å². The fourth-order valence-corrected chi connectivity index (χ4v) is 4.31. The number of benzene rings is 1. The molecule has 2 heterocycles. The molecule has 1 amide bonds. The fraction of sp³-hybridized carbons (Fsp3) is 0.292. The highest BCUT2D eigenvalue weighted by atomic mass is 16.2. The number of hydrogen-bond acceptors (Lipinski definition) is 4. The predicted molar refractivity (Wildman–Crippen MR) is 113 cm³/mol. The summed E-state index contributed by atoms with van der Waals surface area (Å²) in [6.07, 6.45) is 1.33. The number of Topliss-reactive ketones (excluding diaryl/α,β-unsaturated/α-hetero) is 1. The molecule has 148 valence electrons. The van der Waals surface area contributed by atoms with E-state index in [9.17, 15) is 9.59 Å². The van der Waals surface area contributed by atoms with Crippen molar-refractivity contribution in [3.8, 4) is 0 Å². The molecule has 4 rings (SSSR count). The first-order valence-electron chi connectivity index (χ1n) is 9.98. The van der Waals surface area contributed by atoms with Crippen molar-refractivity contribution in [3.63, 3.8) is 0 Å². The average molecular weight is 387 g/mol. The molecule has 0 bridgehead atoms. The minimum Gasteiger partial charge on any atom is -0.362 e. The molecule has 1 aromatic heterocycles. The Hall–Kier alpha value is -3.21. The van der Waals surface area contributed by atoms with Crippen molar-refractivity contribution in [3.05, 3.63) is 82.3 Å². The number of pyridine rings is 1. The monoisotopic (exact) mass is 387 g/mol. The van der Waals surface area contributed by atoms with Crippen molar-refractivity contribution < 1.29 is 9.59 Å². The fourth-order valence-electron chi connectivity index (χ4n) is 4.31. The third-order valence-electron chi connectivity index (χ3n) is 5.54. The second kappa shape index (κ2) is 7.66. The number of ketones is 1. The maximum atomic E-state index is 13.3. The molecule has 0 saturated heterocycles. The normalized spacial score (nSPS) is 21.6. The molecule has 5 heteroatoms. The second-order valence-corrected chi connectivity index (χ2v) is 7.95. The number of nitrogens with zero attached hydrogens (tertiary/aromatic N) is 1. The number of carbonyl (C=O) groups is 2. The second-order valence-electron chi connectivity index (χ2n) is 7.95. The zero-order valence-electron chi connectivity index (χ0n) is 17.0. The SMILES string of the molecule is CC1=C(C(=O)Nc2cccc(C)n2)[C@@H](c2ccccc2)C2=C(C[C@@H](C)CC2=O)N1. The van der Waals surface area contributed by atoms with Crippen LogP contribution in [0.3, 0.4) is 0 Å². The highest BCUT2D eigenvalue weighted by molar-refractivity contribution is 6.09. The van der Waals surface area contributed by atoms with Gasteiger partial charge in [-0.05, 0) is 43.9 Å². The van der Waals surface area contributed by atoms with E-state index in [1.165, 1.54) is 0 Å². The van der Waals surface area contributed by atoms with Gasteiger partial charge in [0, 0.05) is 40.6 Å². The van der Waals surface area contributed by atoms with Crippen LogP contribution in [0.25, 0.3) is 0 Å². The number of allylic oxidation sites excluding steroid dienone is 3. The molecule has 2 N–H and O–H groups in total. The molecule has 2 aromatic rings. The average Bonchev–Trinajstić information content (AvgIpc) is 2.67. The lowest BCUT2D eigenvalue weighted by Crippen LogP contribution is -2.37. The molecule has 0 spiro atoms. The number of dihydropyridines is 1. The Morgan fingerprint density at radius 3 is 2.55 bits per heavy atom. The van der Waals surface area contributed by atoms with Crippen molar-refractivity contribution in [2.75, 3.05) is 5.32 Å². The summed E-state index contributed by atoms with van der Waals surface area (Å²) in [6.45, 7) is 5.88. The Labute approximate surface area is 170 Å². The van der Waals surface area contributed by atoms with Crippen LogP contribution in [0.5, 0.6) is 0 Å². The molecule has 1 aromatic carbocycles. The van der Waals surface area contributed by atoms with Gasteiger partial charge in [-0.3, -0.25) is 9.59 Å². The molecular weight excluding hydrogens is 362 g/mol. The van der Waals surface area contributed by atoms with Gasteiger partial charge in [0.25, 0.3) is 5.91 Å². The van der Waals surface area contributed by atoms with Crippen LogP contribution in [0.4, 0.5) is 5.82 Å². The van der Waals surface area contributed by atoms with Gasteiger partial charge in [-0.2, -0.15) is 0 Å². The van der Waals surface area contributed by atoms with E-state index in [1.54, 1.807) is 6.07 Å². The van der Waals surface area contributed by atoms with Gasteiger partial charge in [-0.15, -0.1) is 0 Å². The summed E-state index contributed by atoms with van der Waals surface area (Å²) in [5, 5.41) is 6.28. The first kappa shape index (κ1) is 19.1. The predicted octanol–water partition coefficient (Wildman–Crippen LogP) is 4.24. The van der Waals surface area contributed by atoms with Gasteiger partial charge in [0.15, 0.2) is 5.78 Å². The number of carbonyl (C=O) groups excluding carboxylic acids is 2. The minimum atomic E-state index is -0.378. The van der Waals surface area contributed by atoms with Crippen LogP contribution < -0.4 is 10.6 Å². The van der Waals surface area contributed by atoms with Crippen LogP contribution in [0, 0.1) is 12.8 Å². The summed E-state index contributed by atoms with van der Waals surface area (Å²) in [7, 11) is 0. The van der Waals surface area contributed by atoms with Crippen LogP contribution in [-0.4, -0.2) is 16.7 Å². The number of hydrogen-bond donors (Lipinski definition) is 2. The maximum Gasteiger partial charge on any atom is 0.255 e. The van der Waals surface area contributed by atoms with Gasteiger partial charge in [-0.25, -0.2) is 4.98 Å². The lowest BCUT2D eigenvalue weighted by atomic mass is 9.73. The van der Waals surface area contributed by atoms with E-state index in [4.69, 9.17) is 0 Å². The first-order valence-corrected chi connectivity index (χ1v) is 9.98. The van der Waals surface area contributed by atoms with E-state index in [-0.39, 0.29) is 17.6 Å². The standard InChI is InChI=1S/C24H25N3O2/c1-14-12-18-23(19(28)13-14)22(17-9-5-4-6-10-17)21(16(3)26-18)24(29)27-20-11-7-8-15(2)25-20/h4-11,14,22,26H,12-13H2,1-3H3,(H,25,27,29)/t14-,22-/m1/s1. The van der Waals surface area contributed by atoms with Gasteiger partial charge in [0.1, 0.15) is 5.82 Å². The molecule has 0 unspecified atom stereocenters. The number of rotatable bonds is 3. The van der Waals surface area contributed by atoms with Crippen molar-refractivity contribution in [2.24, 2.45) is 5.92 Å². The Morgan fingerprint density at radius 1 is 1.07 bits per heavy atom. The summed E-state index contributed by atoms with van der Waals surface area (Å²) >= 11 is 0. The van der Waals surface area contributed by atoms with Crippen molar-refractivity contribution in [1.29, 1.82) is 0 Å². The van der Waals surface area contributed by atoms with E-state index in [0.717, 1.165) is 34.6 Å². The van der Waals surface area contributed by atoms with Gasteiger partial charge in [0.2, 0.25) is 0 Å². The highest BCUT2D eigenvalue weighted by Crippen LogP contribution is 2.43. The number of aryl methyl sites for hydroxylation is 1. The molecule has 5 nitrogen and oxygen atoms in total.